The second-order valence-electron chi connectivity index (χ2n) is 5.22. The normalized spacial score (nSPS) is 11.0. The number of nitrogens with zero attached hydrogens (tertiary/aromatic N) is 3. The average Bonchev–Trinajstić information content (AvgIpc) is 3.33. The number of amides is 1. The third kappa shape index (κ3) is 2.93. The van der Waals surface area contributed by atoms with E-state index in [0.29, 0.717) is 29.4 Å². The highest BCUT2D eigenvalue weighted by molar-refractivity contribution is 7.13. The number of carbonyl (C=O) groups excluding carboxylic acids is 1. The molecule has 0 bridgehead atoms. The fourth-order valence-corrected chi connectivity index (χ4v) is 3.16. The van der Waals surface area contributed by atoms with Crippen molar-refractivity contribution < 1.29 is 9.21 Å². The Morgan fingerprint density at radius 1 is 1.25 bits per heavy atom. The SMILES string of the molecule is O=C(NCCc1cn2ccccc2n1)c1csc(-c2ccco2)n1. The third-order valence-corrected chi connectivity index (χ3v) is 4.41. The first kappa shape index (κ1) is 14.6. The lowest BCUT2D eigenvalue weighted by atomic mass is 10.3. The van der Waals surface area contributed by atoms with Crippen LogP contribution in [0.2, 0.25) is 0 Å². The molecule has 1 N–H and O–H groups in total. The highest BCUT2D eigenvalue weighted by atomic mass is 32.1. The molecule has 0 fully saturated rings. The van der Waals surface area contributed by atoms with E-state index in [0.717, 1.165) is 11.3 Å². The van der Waals surface area contributed by atoms with Crippen LogP contribution in [0.1, 0.15) is 16.2 Å². The van der Waals surface area contributed by atoms with E-state index in [9.17, 15) is 4.79 Å². The molecule has 4 heterocycles. The molecular formula is C17H14N4O2S. The van der Waals surface area contributed by atoms with Crippen molar-refractivity contribution in [1.82, 2.24) is 19.7 Å². The molecule has 0 unspecified atom stereocenters. The smallest absolute Gasteiger partial charge is 0.270 e. The molecule has 0 aromatic carbocycles. The van der Waals surface area contributed by atoms with Crippen LogP contribution in [0, 0.1) is 0 Å². The Morgan fingerprint density at radius 3 is 3.04 bits per heavy atom. The van der Waals surface area contributed by atoms with Gasteiger partial charge in [-0.05, 0) is 24.3 Å². The van der Waals surface area contributed by atoms with Gasteiger partial charge >= 0.3 is 0 Å². The van der Waals surface area contributed by atoms with Gasteiger partial charge in [0.25, 0.3) is 5.91 Å². The molecule has 24 heavy (non-hydrogen) atoms. The molecule has 6 nitrogen and oxygen atoms in total. The number of pyridine rings is 1. The Bertz CT molecular complexity index is 938. The van der Waals surface area contributed by atoms with Crippen LogP contribution in [0.4, 0.5) is 0 Å². The molecule has 0 aliphatic carbocycles. The Balaban J connectivity index is 1.36. The molecular weight excluding hydrogens is 324 g/mol. The highest BCUT2D eigenvalue weighted by Crippen LogP contribution is 2.23. The predicted molar refractivity (Wildman–Crippen MR) is 91.0 cm³/mol. The van der Waals surface area contributed by atoms with Crippen LogP contribution >= 0.6 is 11.3 Å². The second kappa shape index (κ2) is 6.29. The molecule has 4 aromatic rings. The molecule has 120 valence electrons. The number of aromatic nitrogens is 3. The molecule has 1 amide bonds. The molecule has 0 radical (unpaired) electrons. The fraction of sp³-hybridized carbons (Fsp3) is 0.118. The van der Waals surface area contributed by atoms with E-state index >= 15 is 0 Å². The maximum absolute atomic E-state index is 12.2. The minimum atomic E-state index is -0.187. The molecule has 0 aliphatic heterocycles. The predicted octanol–water partition coefficient (Wildman–Crippen LogP) is 3.02. The number of fused-ring (bicyclic) bond motifs is 1. The summed E-state index contributed by atoms with van der Waals surface area (Å²) in [6.45, 7) is 0.510. The largest absolute Gasteiger partial charge is 0.462 e. The quantitative estimate of drug-likeness (QED) is 0.607. The van der Waals surface area contributed by atoms with Gasteiger partial charge in [0.1, 0.15) is 11.3 Å². The summed E-state index contributed by atoms with van der Waals surface area (Å²) in [5.41, 5.74) is 2.25. The number of hydrogen-bond acceptors (Lipinski definition) is 5. The molecule has 0 saturated carbocycles. The van der Waals surface area contributed by atoms with Crippen LogP contribution in [0.25, 0.3) is 16.4 Å². The first-order valence-electron chi connectivity index (χ1n) is 7.50. The summed E-state index contributed by atoms with van der Waals surface area (Å²) >= 11 is 1.39. The van der Waals surface area contributed by atoms with Gasteiger partial charge in [0, 0.05) is 30.7 Å². The maximum atomic E-state index is 12.2. The summed E-state index contributed by atoms with van der Waals surface area (Å²) in [7, 11) is 0. The number of thiazole rings is 1. The van der Waals surface area contributed by atoms with Crippen LogP contribution in [-0.2, 0) is 6.42 Å². The van der Waals surface area contributed by atoms with Gasteiger partial charge in [-0.15, -0.1) is 11.3 Å². The van der Waals surface area contributed by atoms with E-state index in [1.165, 1.54) is 11.3 Å². The molecule has 4 rings (SSSR count). The van der Waals surface area contributed by atoms with E-state index < -0.39 is 0 Å². The zero-order valence-electron chi connectivity index (χ0n) is 12.7. The van der Waals surface area contributed by atoms with Crippen molar-refractivity contribution in [2.45, 2.75) is 6.42 Å². The van der Waals surface area contributed by atoms with Gasteiger partial charge in [0.05, 0.1) is 12.0 Å². The summed E-state index contributed by atoms with van der Waals surface area (Å²) in [5, 5.41) is 5.31. The van der Waals surface area contributed by atoms with Crippen LogP contribution in [0.15, 0.2) is 58.8 Å². The fourth-order valence-electron chi connectivity index (χ4n) is 2.39. The summed E-state index contributed by atoms with van der Waals surface area (Å²) in [6.07, 6.45) is 6.18. The lowest BCUT2D eigenvalue weighted by molar-refractivity contribution is 0.0950. The highest BCUT2D eigenvalue weighted by Gasteiger charge is 2.13. The zero-order chi connectivity index (χ0) is 16.4. The maximum Gasteiger partial charge on any atom is 0.270 e. The van der Waals surface area contributed by atoms with E-state index in [2.05, 4.69) is 15.3 Å². The Labute approximate surface area is 141 Å². The summed E-state index contributed by atoms with van der Waals surface area (Å²) in [5.74, 6) is 0.483. The first-order valence-corrected chi connectivity index (χ1v) is 8.38. The minimum Gasteiger partial charge on any atom is -0.462 e. The van der Waals surface area contributed by atoms with Gasteiger partial charge in [0.15, 0.2) is 10.8 Å². The number of carbonyl (C=O) groups is 1. The second-order valence-corrected chi connectivity index (χ2v) is 6.08. The van der Waals surface area contributed by atoms with Gasteiger partial charge in [-0.25, -0.2) is 9.97 Å². The van der Waals surface area contributed by atoms with Crippen LogP contribution in [-0.4, -0.2) is 26.8 Å². The number of nitrogens with one attached hydrogen (secondary N) is 1. The standard InChI is InChI=1S/C17H14N4O2S/c22-16(13-11-24-17(20-13)14-4-3-9-23-14)18-7-6-12-10-21-8-2-1-5-15(21)19-12/h1-5,8-11H,6-7H2,(H,18,22). The van der Waals surface area contributed by atoms with E-state index in [1.807, 2.05) is 41.1 Å². The molecule has 0 aliphatic rings. The molecule has 0 atom stereocenters. The zero-order valence-corrected chi connectivity index (χ0v) is 13.5. The monoisotopic (exact) mass is 338 g/mol. The van der Waals surface area contributed by atoms with Gasteiger partial charge in [-0.3, -0.25) is 4.79 Å². The molecule has 0 saturated heterocycles. The van der Waals surface area contributed by atoms with Crippen molar-refractivity contribution >= 4 is 22.9 Å². The van der Waals surface area contributed by atoms with Gasteiger partial charge < -0.3 is 14.1 Å². The van der Waals surface area contributed by atoms with Crippen molar-refractivity contribution in [2.24, 2.45) is 0 Å². The van der Waals surface area contributed by atoms with E-state index in [1.54, 1.807) is 17.7 Å². The number of rotatable bonds is 5. The minimum absolute atomic E-state index is 0.187. The third-order valence-electron chi connectivity index (χ3n) is 3.55. The van der Waals surface area contributed by atoms with Crippen molar-refractivity contribution in [2.75, 3.05) is 6.54 Å². The number of imidazole rings is 1. The molecule has 4 aromatic heterocycles. The van der Waals surface area contributed by atoms with Gasteiger partial charge in [-0.2, -0.15) is 0 Å². The van der Waals surface area contributed by atoms with Crippen LogP contribution in [0.5, 0.6) is 0 Å². The first-order chi connectivity index (χ1) is 11.8. The summed E-state index contributed by atoms with van der Waals surface area (Å²) in [4.78, 5) is 21.0. The molecule has 7 heteroatoms. The van der Waals surface area contributed by atoms with Crippen LogP contribution < -0.4 is 5.32 Å². The summed E-state index contributed by atoms with van der Waals surface area (Å²) in [6, 6.07) is 9.48. The lowest BCUT2D eigenvalue weighted by Crippen LogP contribution is -2.26. The van der Waals surface area contributed by atoms with Crippen molar-refractivity contribution in [3.63, 3.8) is 0 Å². The number of furan rings is 1. The number of hydrogen-bond donors (Lipinski definition) is 1. The van der Waals surface area contributed by atoms with Crippen molar-refractivity contribution in [1.29, 1.82) is 0 Å². The van der Waals surface area contributed by atoms with Gasteiger partial charge in [0.2, 0.25) is 0 Å². The Hall–Kier alpha value is -2.93. The topological polar surface area (TPSA) is 72.4 Å². The van der Waals surface area contributed by atoms with E-state index in [-0.39, 0.29) is 5.91 Å². The Kier molecular flexibility index (Phi) is 3.84. The lowest BCUT2D eigenvalue weighted by Gasteiger charge is -2.00. The average molecular weight is 338 g/mol. The molecule has 0 spiro atoms. The van der Waals surface area contributed by atoms with E-state index in [4.69, 9.17) is 4.42 Å². The summed E-state index contributed by atoms with van der Waals surface area (Å²) < 4.78 is 7.25. The van der Waals surface area contributed by atoms with Crippen LogP contribution in [0.3, 0.4) is 0 Å². The Morgan fingerprint density at radius 2 is 2.21 bits per heavy atom. The van der Waals surface area contributed by atoms with Gasteiger partial charge in [-0.1, -0.05) is 6.07 Å². The van der Waals surface area contributed by atoms with Crippen molar-refractivity contribution in [3.05, 3.63) is 65.8 Å². The van der Waals surface area contributed by atoms with Crippen molar-refractivity contribution in [3.8, 4) is 10.8 Å².